The highest BCUT2D eigenvalue weighted by Gasteiger charge is 2.34. The predicted octanol–water partition coefficient (Wildman–Crippen LogP) is 2.64. The van der Waals surface area contributed by atoms with Gasteiger partial charge in [-0.15, -0.1) is 0 Å². The summed E-state index contributed by atoms with van der Waals surface area (Å²) in [5.74, 6) is 0.174. The predicted molar refractivity (Wildman–Crippen MR) is 96.0 cm³/mol. The highest BCUT2D eigenvalue weighted by molar-refractivity contribution is 5.97. The van der Waals surface area contributed by atoms with Crippen molar-refractivity contribution in [3.63, 3.8) is 0 Å². The van der Waals surface area contributed by atoms with Gasteiger partial charge in [0.25, 0.3) is 5.91 Å². The molecule has 1 aromatic carbocycles. The number of hydrogen-bond acceptors (Lipinski definition) is 5. The molecule has 1 aliphatic rings. The number of piperazine rings is 1. The molecule has 28 heavy (non-hydrogen) atoms. The average Bonchev–Trinajstić information content (AvgIpc) is 3.14. The molecule has 7 nitrogen and oxygen atoms in total. The number of amides is 1. The molecule has 0 atom stereocenters. The number of nitrogens with one attached hydrogen (secondary N) is 1. The van der Waals surface area contributed by atoms with E-state index in [-0.39, 0.29) is 17.5 Å². The molecule has 1 saturated heterocycles. The minimum absolute atomic E-state index is 0.0659. The van der Waals surface area contributed by atoms with Crippen molar-refractivity contribution in [1.82, 2.24) is 24.8 Å². The van der Waals surface area contributed by atoms with Crippen molar-refractivity contribution in [3.8, 4) is 0 Å². The summed E-state index contributed by atoms with van der Waals surface area (Å²) < 4.78 is 39.0. The zero-order chi connectivity index (χ0) is 19.9. The molecule has 3 aromatic rings. The fourth-order valence-corrected chi connectivity index (χ4v) is 3.25. The van der Waals surface area contributed by atoms with Crippen LogP contribution in [0.5, 0.6) is 0 Å². The van der Waals surface area contributed by atoms with Crippen LogP contribution in [0.3, 0.4) is 0 Å². The molecule has 0 unspecified atom stereocenters. The van der Waals surface area contributed by atoms with Crippen LogP contribution in [-0.2, 0) is 6.18 Å². The molecule has 10 heteroatoms. The van der Waals surface area contributed by atoms with Crippen LogP contribution >= 0.6 is 0 Å². The standard InChI is InChI=1S/C18H17F3N6O/c1-11-24-15(18(19,20)21)9-16(25-11)26-4-6-27(7-5-26)17(28)12-2-3-13-14(8-12)23-10-22-13/h2-3,8-10H,4-7H2,1H3,(H,22,23). The first-order chi connectivity index (χ1) is 13.3. The van der Waals surface area contributed by atoms with E-state index in [1.165, 1.54) is 6.92 Å². The Balaban J connectivity index is 1.47. The lowest BCUT2D eigenvalue weighted by Gasteiger charge is -2.35. The van der Waals surface area contributed by atoms with E-state index in [0.717, 1.165) is 17.1 Å². The lowest BCUT2D eigenvalue weighted by molar-refractivity contribution is -0.141. The van der Waals surface area contributed by atoms with Gasteiger partial charge in [-0.3, -0.25) is 4.79 Å². The van der Waals surface area contributed by atoms with Gasteiger partial charge in [-0.1, -0.05) is 0 Å². The number of alkyl halides is 3. The molecule has 4 rings (SSSR count). The van der Waals surface area contributed by atoms with Crippen LogP contribution < -0.4 is 4.90 Å². The zero-order valence-electron chi connectivity index (χ0n) is 15.0. The number of aromatic nitrogens is 4. The largest absolute Gasteiger partial charge is 0.433 e. The molecule has 0 spiro atoms. The summed E-state index contributed by atoms with van der Waals surface area (Å²) in [6.45, 7) is 3.01. The number of carbonyl (C=O) groups excluding carboxylic acids is 1. The van der Waals surface area contributed by atoms with Gasteiger partial charge in [0, 0.05) is 37.8 Å². The summed E-state index contributed by atoms with van der Waals surface area (Å²) >= 11 is 0. The Morgan fingerprint density at radius 1 is 1.11 bits per heavy atom. The number of H-pyrrole nitrogens is 1. The van der Waals surface area contributed by atoms with Gasteiger partial charge in [0.15, 0.2) is 0 Å². The number of carbonyl (C=O) groups is 1. The number of rotatable bonds is 2. The Labute approximate surface area is 158 Å². The normalized spacial score (nSPS) is 15.3. The van der Waals surface area contributed by atoms with Crippen molar-refractivity contribution in [1.29, 1.82) is 0 Å². The molecule has 146 valence electrons. The van der Waals surface area contributed by atoms with Gasteiger partial charge in [0.1, 0.15) is 17.3 Å². The van der Waals surface area contributed by atoms with Crippen LogP contribution in [0.25, 0.3) is 11.0 Å². The number of benzene rings is 1. The Bertz CT molecular complexity index is 1020. The molecule has 1 N–H and O–H groups in total. The molecular formula is C18H17F3N6O. The summed E-state index contributed by atoms with van der Waals surface area (Å²) in [4.78, 5) is 30.9. The quantitative estimate of drug-likeness (QED) is 0.728. The number of hydrogen-bond donors (Lipinski definition) is 1. The number of fused-ring (bicyclic) bond motifs is 1. The molecule has 0 aliphatic carbocycles. The van der Waals surface area contributed by atoms with E-state index in [9.17, 15) is 18.0 Å². The van der Waals surface area contributed by atoms with Gasteiger partial charge in [-0.2, -0.15) is 13.2 Å². The Kier molecular flexibility index (Phi) is 4.40. The molecule has 0 saturated carbocycles. The number of anilines is 1. The Hall–Kier alpha value is -3.17. The lowest BCUT2D eigenvalue weighted by Crippen LogP contribution is -2.49. The fourth-order valence-electron chi connectivity index (χ4n) is 3.25. The first kappa shape index (κ1) is 18.2. The van der Waals surface area contributed by atoms with Gasteiger partial charge in [-0.05, 0) is 25.1 Å². The van der Waals surface area contributed by atoms with E-state index in [2.05, 4.69) is 19.9 Å². The van der Waals surface area contributed by atoms with Gasteiger partial charge in [0.05, 0.1) is 17.4 Å². The molecule has 1 aliphatic heterocycles. The second kappa shape index (κ2) is 6.77. The number of nitrogens with zero attached hydrogens (tertiary/aromatic N) is 5. The SMILES string of the molecule is Cc1nc(N2CCN(C(=O)c3ccc4nc[nH]c4c3)CC2)cc(C(F)(F)F)n1. The third-order valence-electron chi connectivity index (χ3n) is 4.67. The second-order valence-corrected chi connectivity index (χ2v) is 6.57. The average molecular weight is 390 g/mol. The van der Waals surface area contributed by atoms with Crippen LogP contribution in [0.15, 0.2) is 30.6 Å². The topological polar surface area (TPSA) is 78.0 Å². The van der Waals surface area contributed by atoms with Gasteiger partial charge >= 0.3 is 6.18 Å². The Morgan fingerprint density at radius 3 is 2.57 bits per heavy atom. The van der Waals surface area contributed by atoms with Gasteiger partial charge < -0.3 is 14.8 Å². The summed E-state index contributed by atoms with van der Waals surface area (Å²) in [6, 6.07) is 6.20. The smallest absolute Gasteiger partial charge is 0.353 e. The van der Waals surface area contributed by atoms with Crippen LogP contribution in [0.2, 0.25) is 0 Å². The summed E-state index contributed by atoms with van der Waals surface area (Å²) in [7, 11) is 0. The number of halogens is 3. The van der Waals surface area contributed by atoms with E-state index in [4.69, 9.17) is 0 Å². The maximum Gasteiger partial charge on any atom is 0.433 e. The van der Waals surface area contributed by atoms with E-state index in [1.54, 1.807) is 34.3 Å². The van der Waals surface area contributed by atoms with Crippen molar-refractivity contribution >= 4 is 22.8 Å². The van der Waals surface area contributed by atoms with E-state index < -0.39 is 11.9 Å². The van der Waals surface area contributed by atoms with Crippen molar-refractivity contribution in [3.05, 3.63) is 47.7 Å². The summed E-state index contributed by atoms with van der Waals surface area (Å²) in [5.41, 5.74) is 1.14. The maximum absolute atomic E-state index is 13.0. The summed E-state index contributed by atoms with van der Waals surface area (Å²) in [6.07, 6.45) is -2.96. The minimum atomic E-state index is -4.52. The van der Waals surface area contributed by atoms with Gasteiger partial charge in [0.2, 0.25) is 0 Å². The third-order valence-corrected chi connectivity index (χ3v) is 4.67. The monoisotopic (exact) mass is 390 g/mol. The van der Waals surface area contributed by atoms with Crippen LogP contribution in [0, 0.1) is 6.92 Å². The molecule has 2 aromatic heterocycles. The number of aryl methyl sites for hydroxylation is 1. The summed E-state index contributed by atoms with van der Waals surface area (Å²) in [5, 5.41) is 0. The van der Waals surface area contributed by atoms with Crippen LogP contribution in [-0.4, -0.2) is 56.9 Å². The van der Waals surface area contributed by atoms with Crippen molar-refractivity contribution in [2.24, 2.45) is 0 Å². The van der Waals surface area contributed by atoms with Crippen LogP contribution in [0.4, 0.5) is 19.0 Å². The van der Waals surface area contributed by atoms with E-state index >= 15 is 0 Å². The van der Waals surface area contributed by atoms with E-state index in [1.807, 2.05) is 0 Å². The zero-order valence-corrected chi connectivity index (χ0v) is 15.0. The van der Waals surface area contributed by atoms with Gasteiger partial charge in [-0.25, -0.2) is 15.0 Å². The molecular weight excluding hydrogens is 373 g/mol. The molecule has 0 radical (unpaired) electrons. The first-order valence-corrected chi connectivity index (χ1v) is 8.71. The molecule has 3 heterocycles. The van der Waals surface area contributed by atoms with E-state index in [0.29, 0.717) is 31.7 Å². The van der Waals surface area contributed by atoms with Crippen molar-refractivity contribution in [2.45, 2.75) is 13.1 Å². The maximum atomic E-state index is 13.0. The highest BCUT2D eigenvalue weighted by atomic mass is 19.4. The lowest BCUT2D eigenvalue weighted by atomic mass is 10.1. The van der Waals surface area contributed by atoms with Crippen LogP contribution in [0.1, 0.15) is 21.9 Å². The molecule has 1 fully saturated rings. The second-order valence-electron chi connectivity index (χ2n) is 6.57. The Morgan fingerprint density at radius 2 is 1.86 bits per heavy atom. The van der Waals surface area contributed by atoms with Crippen molar-refractivity contribution < 1.29 is 18.0 Å². The first-order valence-electron chi connectivity index (χ1n) is 8.71. The fraction of sp³-hybridized carbons (Fsp3) is 0.333. The number of aromatic amines is 1. The number of imidazole rings is 1. The molecule has 1 amide bonds. The molecule has 0 bridgehead atoms. The minimum Gasteiger partial charge on any atom is -0.353 e. The van der Waals surface area contributed by atoms with Crippen molar-refractivity contribution in [2.75, 3.05) is 31.1 Å². The highest BCUT2D eigenvalue weighted by Crippen LogP contribution is 2.30. The third kappa shape index (κ3) is 3.49.